The standard InChI is InChI=1S/C29H36N6O3/c1-32-12-14-34(15-13-32)27(37)22-4-2-21(3-5-22)26(36)33-10-7-29(8-11-33)16-25(29)18-31-28(38)35-19-23-6-9-30-17-24(23)20-35/h2-6,9,17,25H,7-8,10-16,18-20H2,1H3,(H,31,38). The molecule has 3 fully saturated rings. The lowest BCUT2D eigenvalue weighted by Crippen LogP contribution is -2.47. The average molecular weight is 517 g/mol. The Morgan fingerprint density at radius 3 is 2.08 bits per heavy atom. The molecule has 1 aromatic carbocycles. The number of fused-ring (bicyclic) bond motifs is 1. The smallest absolute Gasteiger partial charge is 0.318 e. The number of hydrogen-bond donors (Lipinski definition) is 1. The van der Waals surface area contributed by atoms with Gasteiger partial charge in [-0.05, 0) is 79.1 Å². The summed E-state index contributed by atoms with van der Waals surface area (Å²) in [7, 11) is 2.07. The molecule has 4 heterocycles. The average Bonchev–Trinajstić information content (AvgIpc) is 3.42. The summed E-state index contributed by atoms with van der Waals surface area (Å²) in [5, 5.41) is 3.15. The fourth-order valence-corrected chi connectivity index (χ4v) is 6.30. The molecule has 1 atom stereocenters. The lowest BCUT2D eigenvalue weighted by molar-refractivity contribution is 0.0654. The second-order valence-corrected chi connectivity index (χ2v) is 11.4. The van der Waals surface area contributed by atoms with Crippen molar-refractivity contribution in [1.29, 1.82) is 0 Å². The number of piperazine rings is 1. The number of pyridine rings is 1. The van der Waals surface area contributed by atoms with Gasteiger partial charge in [-0.1, -0.05) is 0 Å². The fraction of sp³-hybridized carbons (Fsp3) is 0.517. The first-order valence-corrected chi connectivity index (χ1v) is 13.7. The molecule has 1 spiro atoms. The zero-order valence-electron chi connectivity index (χ0n) is 22.1. The van der Waals surface area contributed by atoms with Crippen LogP contribution in [0.1, 0.15) is 51.1 Å². The van der Waals surface area contributed by atoms with Gasteiger partial charge in [-0.2, -0.15) is 0 Å². The molecule has 9 nitrogen and oxygen atoms in total. The van der Waals surface area contributed by atoms with E-state index in [1.54, 1.807) is 30.5 Å². The third kappa shape index (κ3) is 4.87. The predicted molar refractivity (Wildman–Crippen MR) is 142 cm³/mol. The minimum absolute atomic E-state index is 0.00887. The summed E-state index contributed by atoms with van der Waals surface area (Å²) < 4.78 is 0. The molecule has 9 heteroatoms. The highest BCUT2D eigenvalue weighted by molar-refractivity contribution is 5.98. The Kier molecular flexibility index (Phi) is 6.55. The molecule has 1 saturated carbocycles. The van der Waals surface area contributed by atoms with E-state index in [2.05, 4.69) is 22.2 Å². The molecule has 6 rings (SSSR count). The van der Waals surface area contributed by atoms with Gasteiger partial charge in [-0.15, -0.1) is 0 Å². The molecule has 4 amide bonds. The van der Waals surface area contributed by atoms with E-state index in [9.17, 15) is 14.4 Å². The van der Waals surface area contributed by atoms with Crippen molar-refractivity contribution in [3.05, 3.63) is 65.0 Å². The number of amides is 4. The van der Waals surface area contributed by atoms with Crippen LogP contribution in [0.3, 0.4) is 0 Å². The maximum absolute atomic E-state index is 13.1. The highest BCUT2D eigenvalue weighted by atomic mass is 16.2. The number of benzene rings is 1. The number of likely N-dealkylation sites (N-methyl/N-ethyl adjacent to an activating group) is 1. The summed E-state index contributed by atoms with van der Waals surface area (Å²) in [5.41, 5.74) is 3.82. The van der Waals surface area contributed by atoms with Gasteiger partial charge in [0.2, 0.25) is 0 Å². The maximum Gasteiger partial charge on any atom is 0.318 e. The molecule has 1 aliphatic carbocycles. The number of rotatable bonds is 4. The van der Waals surface area contributed by atoms with Gasteiger partial charge in [0.05, 0.1) is 0 Å². The van der Waals surface area contributed by atoms with Crippen molar-refractivity contribution in [2.75, 3.05) is 52.9 Å². The van der Waals surface area contributed by atoms with E-state index in [0.29, 0.717) is 36.7 Å². The number of piperidine rings is 1. The third-order valence-corrected chi connectivity index (χ3v) is 9.09. The summed E-state index contributed by atoms with van der Waals surface area (Å²) in [6.07, 6.45) is 6.68. The largest absolute Gasteiger partial charge is 0.339 e. The van der Waals surface area contributed by atoms with Crippen molar-refractivity contribution < 1.29 is 14.4 Å². The van der Waals surface area contributed by atoms with Crippen LogP contribution in [0.4, 0.5) is 4.79 Å². The van der Waals surface area contributed by atoms with Crippen molar-refractivity contribution in [2.24, 2.45) is 11.3 Å². The first-order chi connectivity index (χ1) is 18.4. The number of urea groups is 1. The molecule has 38 heavy (non-hydrogen) atoms. The monoisotopic (exact) mass is 516 g/mol. The third-order valence-electron chi connectivity index (χ3n) is 9.09. The van der Waals surface area contributed by atoms with Crippen LogP contribution in [0.15, 0.2) is 42.7 Å². The summed E-state index contributed by atoms with van der Waals surface area (Å²) in [6, 6.07) is 9.13. The van der Waals surface area contributed by atoms with Crippen LogP contribution in [0.2, 0.25) is 0 Å². The summed E-state index contributed by atoms with van der Waals surface area (Å²) in [6.45, 7) is 6.67. The van der Waals surface area contributed by atoms with Crippen molar-refractivity contribution in [3.8, 4) is 0 Å². The van der Waals surface area contributed by atoms with E-state index >= 15 is 0 Å². The molecular weight excluding hydrogens is 480 g/mol. The summed E-state index contributed by atoms with van der Waals surface area (Å²) in [4.78, 5) is 50.7. The quantitative estimate of drug-likeness (QED) is 0.675. The van der Waals surface area contributed by atoms with Crippen LogP contribution < -0.4 is 5.32 Å². The van der Waals surface area contributed by atoms with E-state index < -0.39 is 0 Å². The minimum atomic E-state index is -0.00887. The number of likely N-dealkylation sites (tertiary alicyclic amines) is 1. The van der Waals surface area contributed by atoms with Gasteiger partial charge >= 0.3 is 6.03 Å². The Bertz CT molecular complexity index is 1190. The summed E-state index contributed by atoms with van der Waals surface area (Å²) in [5.74, 6) is 0.553. The van der Waals surface area contributed by atoms with E-state index in [0.717, 1.165) is 64.1 Å². The molecule has 1 unspecified atom stereocenters. The Hall–Kier alpha value is -3.46. The SMILES string of the molecule is CN1CCN(C(=O)c2ccc(C(=O)N3CCC4(CC3)CC4CNC(=O)N3Cc4ccncc4C3)cc2)CC1. The van der Waals surface area contributed by atoms with E-state index in [4.69, 9.17) is 0 Å². The van der Waals surface area contributed by atoms with Crippen molar-refractivity contribution in [3.63, 3.8) is 0 Å². The molecule has 2 aromatic rings. The number of carbonyl (C=O) groups is 3. The minimum Gasteiger partial charge on any atom is -0.339 e. The second-order valence-electron chi connectivity index (χ2n) is 11.4. The predicted octanol–water partition coefficient (Wildman–Crippen LogP) is 2.44. The van der Waals surface area contributed by atoms with Gasteiger partial charge in [0, 0.05) is 82.4 Å². The molecule has 3 aliphatic heterocycles. The molecular formula is C29H36N6O3. The second kappa shape index (κ2) is 10.0. The zero-order valence-corrected chi connectivity index (χ0v) is 22.1. The Morgan fingerprint density at radius 2 is 1.45 bits per heavy atom. The number of nitrogens with zero attached hydrogens (tertiary/aromatic N) is 5. The van der Waals surface area contributed by atoms with Crippen LogP contribution in [0.5, 0.6) is 0 Å². The molecule has 4 aliphatic rings. The maximum atomic E-state index is 13.1. The van der Waals surface area contributed by atoms with Crippen LogP contribution in [-0.4, -0.2) is 95.3 Å². The fourth-order valence-electron chi connectivity index (χ4n) is 6.30. The molecule has 2 saturated heterocycles. The van der Waals surface area contributed by atoms with Gasteiger partial charge in [-0.25, -0.2) is 4.79 Å². The first kappa shape index (κ1) is 24.9. The Morgan fingerprint density at radius 1 is 0.842 bits per heavy atom. The number of carbonyl (C=O) groups excluding carboxylic acids is 3. The van der Waals surface area contributed by atoms with Gasteiger partial charge in [0.25, 0.3) is 11.8 Å². The summed E-state index contributed by atoms with van der Waals surface area (Å²) >= 11 is 0. The van der Waals surface area contributed by atoms with E-state index in [-0.39, 0.29) is 23.3 Å². The number of hydrogen-bond acceptors (Lipinski definition) is 5. The van der Waals surface area contributed by atoms with Gasteiger partial charge < -0.3 is 24.9 Å². The molecule has 1 aromatic heterocycles. The first-order valence-electron chi connectivity index (χ1n) is 13.7. The Balaban J connectivity index is 0.958. The topological polar surface area (TPSA) is 89.1 Å². The Labute approximate surface area is 223 Å². The van der Waals surface area contributed by atoms with E-state index in [1.165, 1.54) is 5.56 Å². The zero-order chi connectivity index (χ0) is 26.3. The van der Waals surface area contributed by atoms with Crippen molar-refractivity contribution in [2.45, 2.75) is 32.4 Å². The van der Waals surface area contributed by atoms with Crippen molar-refractivity contribution >= 4 is 17.8 Å². The molecule has 0 radical (unpaired) electrons. The normalized spacial score (nSPS) is 22.3. The molecule has 0 bridgehead atoms. The van der Waals surface area contributed by atoms with E-state index in [1.807, 2.05) is 27.0 Å². The van der Waals surface area contributed by atoms with Gasteiger partial charge in [0.1, 0.15) is 0 Å². The van der Waals surface area contributed by atoms with Gasteiger partial charge in [0.15, 0.2) is 0 Å². The van der Waals surface area contributed by atoms with Crippen molar-refractivity contribution in [1.82, 2.24) is 29.9 Å². The van der Waals surface area contributed by atoms with Crippen LogP contribution in [0, 0.1) is 11.3 Å². The number of aromatic nitrogens is 1. The molecule has 1 N–H and O–H groups in total. The number of nitrogens with one attached hydrogen (secondary N) is 1. The van der Waals surface area contributed by atoms with Crippen LogP contribution >= 0.6 is 0 Å². The lowest BCUT2D eigenvalue weighted by atomic mass is 9.90. The highest BCUT2D eigenvalue weighted by Gasteiger charge is 2.54. The lowest BCUT2D eigenvalue weighted by Gasteiger charge is -2.33. The van der Waals surface area contributed by atoms with Crippen LogP contribution in [-0.2, 0) is 13.1 Å². The van der Waals surface area contributed by atoms with Crippen LogP contribution in [0.25, 0.3) is 0 Å². The highest BCUT2D eigenvalue weighted by Crippen LogP contribution is 2.59. The van der Waals surface area contributed by atoms with Gasteiger partial charge in [-0.3, -0.25) is 14.6 Å². The molecule has 200 valence electrons.